The second kappa shape index (κ2) is 9.72. The zero-order chi connectivity index (χ0) is 14.8. The fourth-order valence-corrected chi connectivity index (χ4v) is 2.30. The van der Waals surface area contributed by atoms with E-state index >= 15 is 0 Å². The highest BCUT2D eigenvalue weighted by molar-refractivity contribution is 5.78. The molecule has 1 fully saturated rings. The molecule has 6 nitrogen and oxygen atoms in total. The van der Waals surface area contributed by atoms with Crippen LogP contribution in [0, 0.1) is 0 Å². The number of likely N-dealkylation sites (tertiary alicyclic amines) is 1. The minimum atomic E-state index is 0.100. The van der Waals surface area contributed by atoms with Gasteiger partial charge in [-0.1, -0.05) is 6.92 Å². The molecule has 6 heteroatoms. The first kappa shape index (κ1) is 16.9. The van der Waals surface area contributed by atoms with E-state index in [0.717, 1.165) is 38.9 Å². The zero-order valence-electron chi connectivity index (χ0n) is 12.7. The van der Waals surface area contributed by atoms with Gasteiger partial charge in [0.2, 0.25) is 11.8 Å². The molecule has 1 heterocycles. The lowest BCUT2D eigenvalue weighted by Gasteiger charge is -2.31. The van der Waals surface area contributed by atoms with Crippen LogP contribution in [-0.2, 0) is 9.59 Å². The Bertz CT molecular complexity index is 272. The van der Waals surface area contributed by atoms with E-state index in [2.05, 4.69) is 20.9 Å². The Kier molecular flexibility index (Phi) is 8.22. The number of nitrogens with one attached hydrogen (secondary N) is 3. The molecule has 0 aliphatic carbocycles. The molecule has 1 aliphatic rings. The Morgan fingerprint density at radius 2 is 1.85 bits per heavy atom. The standard InChI is InChI=1S/C14H28N4O2/c1-3-7-16-14(20)11-18-9-5-12(6-10-18)17-13(19)4-8-15-2/h12,15H,3-11H2,1-2H3,(H,16,20)(H,17,19). The largest absolute Gasteiger partial charge is 0.355 e. The molecule has 0 aromatic carbocycles. The van der Waals surface area contributed by atoms with Crippen LogP contribution in [0.25, 0.3) is 0 Å². The SMILES string of the molecule is CCCNC(=O)CN1CCC(NC(=O)CCNC)CC1. The smallest absolute Gasteiger partial charge is 0.234 e. The summed E-state index contributed by atoms with van der Waals surface area (Å²) in [7, 11) is 1.84. The predicted molar refractivity (Wildman–Crippen MR) is 79.4 cm³/mol. The van der Waals surface area contributed by atoms with Gasteiger partial charge in [-0.25, -0.2) is 0 Å². The number of piperidine rings is 1. The average molecular weight is 284 g/mol. The van der Waals surface area contributed by atoms with Gasteiger partial charge in [0.05, 0.1) is 6.54 Å². The monoisotopic (exact) mass is 284 g/mol. The number of amides is 2. The van der Waals surface area contributed by atoms with Gasteiger partial charge < -0.3 is 16.0 Å². The number of rotatable bonds is 8. The van der Waals surface area contributed by atoms with Gasteiger partial charge in [0, 0.05) is 38.6 Å². The number of nitrogens with zero attached hydrogens (tertiary/aromatic N) is 1. The van der Waals surface area contributed by atoms with Gasteiger partial charge in [0.25, 0.3) is 0 Å². The number of carbonyl (C=O) groups excluding carboxylic acids is 2. The van der Waals surface area contributed by atoms with E-state index in [0.29, 0.717) is 19.5 Å². The highest BCUT2D eigenvalue weighted by atomic mass is 16.2. The molecule has 1 rings (SSSR count). The van der Waals surface area contributed by atoms with Crippen molar-refractivity contribution in [3.05, 3.63) is 0 Å². The first-order valence-corrected chi connectivity index (χ1v) is 7.58. The van der Waals surface area contributed by atoms with Crippen molar-refractivity contribution in [2.75, 3.05) is 39.8 Å². The molecule has 20 heavy (non-hydrogen) atoms. The Hall–Kier alpha value is -1.14. The van der Waals surface area contributed by atoms with E-state index < -0.39 is 0 Å². The Balaban J connectivity index is 2.16. The lowest BCUT2D eigenvalue weighted by atomic mass is 10.0. The fourth-order valence-electron chi connectivity index (χ4n) is 2.30. The van der Waals surface area contributed by atoms with Crippen molar-refractivity contribution >= 4 is 11.8 Å². The maximum Gasteiger partial charge on any atom is 0.234 e. The molecule has 1 saturated heterocycles. The summed E-state index contributed by atoms with van der Waals surface area (Å²) in [5.74, 6) is 0.210. The summed E-state index contributed by atoms with van der Waals surface area (Å²) in [6, 6.07) is 0.259. The number of hydrogen-bond acceptors (Lipinski definition) is 4. The van der Waals surface area contributed by atoms with Gasteiger partial charge in [0.1, 0.15) is 0 Å². The third-order valence-electron chi connectivity index (χ3n) is 3.49. The van der Waals surface area contributed by atoms with Gasteiger partial charge in [0.15, 0.2) is 0 Å². The minimum absolute atomic E-state index is 0.100. The van der Waals surface area contributed by atoms with Gasteiger partial charge >= 0.3 is 0 Å². The molecule has 0 aromatic rings. The van der Waals surface area contributed by atoms with Crippen LogP contribution >= 0.6 is 0 Å². The summed E-state index contributed by atoms with van der Waals surface area (Å²) >= 11 is 0. The lowest BCUT2D eigenvalue weighted by molar-refractivity contribution is -0.124. The average Bonchev–Trinajstić information content (AvgIpc) is 2.45. The van der Waals surface area contributed by atoms with E-state index in [1.165, 1.54) is 0 Å². The highest BCUT2D eigenvalue weighted by Crippen LogP contribution is 2.10. The Labute approximate surface area is 121 Å². The van der Waals surface area contributed by atoms with E-state index in [1.807, 2.05) is 14.0 Å². The maximum atomic E-state index is 11.6. The molecular formula is C14H28N4O2. The zero-order valence-corrected chi connectivity index (χ0v) is 12.7. The maximum absolute atomic E-state index is 11.6. The topological polar surface area (TPSA) is 73.5 Å². The van der Waals surface area contributed by atoms with Crippen LogP contribution in [0.3, 0.4) is 0 Å². The van der Waals surface area contributed by atoms with Crippen molar-refractivity contribution in [2.45, 2.75) is 38.6 Å². The molecular weight excluding hydrogens is 256 g/mol. The molecule has 1 aliphatic heterocycles. The molecule has 0 radical (unpaired) electrons. The van der Waals surface area contributed by atoms with Gasteiger partial charge in [-0.2, -0.15) is 0 Å². The van der Waals surface area contributed by atoms with Crippen molar-refractivity contribution in [3.8, 4) is 0 Å². The molecule has 0 bridgehead atoms. The molecule has 116 valence electrons. The molecule has 0 atom stereocenters. The van der Waals surface area contributed by atoms with E-state index in [9.17, 15) is 9.59 Å². The number of hydrogen-bond donors (Lipinski definition) is 3. The summed E-state index contributed by atoms with van der Waals surface area (Å²) in [5, 5.41) is 8.91. The second-order valence-electron chi connectivity index (χ2n) is 5.32. The Morgan fingerprint density at radius 1 is 1.15 bits per heavy atom. The van der Waals surface area contributed by atoms with Crippen molar-refractivity contribution in [3.63, 3.8) is 0 Å². The second-order valence-corrected chi connectivity index (χ2v) is 5.32. The number of carbonyl (C=O) groups is 2. The quantitative estimate of drug-likeness (QED) is 0.572. The third kappa shape index (κ3) is 6.86. The van der Waals surface area contributed by atoms with Crippen LogP contribution in [0.1, 0.15) is 32.6 Å². The summed E-state index contributed by atoms with van der Waals surface area (Å²) in [4.78, 5) is 25.4. The third-order valence-corrected chi connectivity index (χ3v) is 3.49. The van der Waals surface area contributed by atoms with Gasteiger partial charge in [-0.3, -0.25) is 14.5 Å². The first-order valence-electron chi connectivity index (χ1n) is 7.58. The molecule has 0 unspecified atom stereocenters. The van der Waals surface area contributed by atoms with E-state index in [1.54, 1.807) is 0 Å². The van der Waals surface area contributed by atoms with Crippen LogP contribution in [0.4, 0.5) is 0 Å². The van der Waals surface area contributed by atoms with Crippen molar-refractivity contribution < 1.29 is 9.59 Å². The summed E-state index contributed by atoms with van der Waals surface area (Å²) in [6.07, 6.45) is 3.33. The van der Waals surface area contributed by atoms with Crippen LogP contribution in [-0.4, -0.2) is 62.5 Å². The first-order chi connectivity index (χ1) is 9.65. The normalized spacial score (nSPS) is 16.9. The van der Waals surface area contributed by atoms with Gasteiger partial charge in [-0.15, -0.1) is 0 Å². The van der Waals surface area contributed by atoms with Crippen molar-refractivity contribution in [1.82, 2.24) is 20.9 Å². The molecule has 0 spiro atoms. The van der Waals surface area contributed by atoms with Crippen LogP contribution in [0.2, 0.25) is 0 Å². The highest BCUT2D eigenvalue weighted by Gasteiger charge is 2.21. The summed E-state index contributed by atoms with van der Waals surface area (Å²) in [5.41, 5.74) is 0. The van der Waals surface area contributed by atoms with Crippen LogP contribution in [0.15, 0.2) is 0 Å². The lowest BCUT2D eigenvalue weighted by Crippen LogP contribution is -2.47. The molecule has 3 N–H and O–H groups in total. The minimum Gasteiger partial charge on any atom is -0.355 e. The molecule has 0 aromatic heterocycles. The van der Waals surface area contributed by atoms with Crippen LogP contribution in [0.5, 0.6) is 0 Å². The van der Waals surface area contributed by atoms with E-state index in [4.69, 9.17) is 0 Å². The van der Waals surface area contributed by atoms with Gasteiger partial charge in [-0.05, 0) is 26.3 Å². The predicted octanol–water partition coefficient (Wildman–Crippen LogP) is -0.297. The summed E-state index contributed by atoms with van der Waals surface area (Å²) in [6.45, 7) is 5.72. The molecule has 2 amide bonds. The van der Waals surface area contributed by atoms with Crippen LogP contribution < -0.4 is 16.0 Å². The van der Waals surface area contributed by atoms with Crippen molar-refractivity contribution in [1.29, 1.82) is 0 Å². The molecule has 0 saturated carbocycles. The Morgan fingerprint density at radius 3 is 2.45 bits per heavy atom. The van der Waals surface area contributed by atoms with Crippen molar-refractivity contribution in [2.24, 2.45) is 0 Å². The fraction of sp³-hybridized carbons (Fsp3) is 0.857. The summed E-state index contributed by atoms with van der Waals surface area (Å²) < 4.78 is 0. The van der Waals surface area contributed by atoms with E-state index in [-0.39, 0.29) is 17.9 Å².